The van der Waals surface area contributed by atoms with E-state index in [0.29, 0.717) is 24.3 Å². The summed E-state index contributed by atoms with van der Waals surface area (Å²) in [5.41, 5.74) is 0.432. The second-order valence-corrected chi connectivity index (χ2v) is 8.43. The van der Waals surface area contributed by atoms with Gasteiger partial charge in [0.15, 0.2) is 0 Å². The van der Waals surface area contributed by atoms with Crippen molar-refractivity contribution in [1.82, 2.24) is 4.57 Å². The number of rotatable bonds is 7. The molecule has 3 rings (SSSR count). The van der Waals surface area contributed by atoms with Gasteiger partial charge in [-0.1, -0.05) is 19.9 Å². The Kier molecular flexibility index (Phi) is 6.37. The molecule has 0 aliphatic carbocycles. The Hall–Kier alpha value is -2.67. The minimum absolute atomic E-state index is 0.0703. The number of thiophene rings is 1. The van der Waals surface area contributed by atoms with E-state index in [2.05, 4.69) is 0 Å². The first kappa shape index (κ1) is 21.0. The summed E-state index contributed by atoms with van der Waals surface area (Å²) in [5, 5.41) is 2.17. The van der Waals surface area contributed by atoms with Crippen LogP contribution in [-0.2, 0) is 17.8 Å². The molecule has 0 amide bonds. The number of hydrogen-bond donors (Lipinski definition) is 0. The van der Waals surface area contributed by atoms with Crippen LogP contribution in [-0.4, -0.2) is 24.2 Å². The van der Waals surface area contributed by atoms with E-state index >= 15 is 0 Å². The number of hydrogen-bond acceptors (Lipinski definition) is 5. The molecule has 7 heteroatoms. The molecule has 2 aromatic heterocycles. The molecule has 0 bridgehead atoms. The highest BCUT2D eigenvalue weighted by Gasteiger charge is 2.20. The van der Waals surface area contributed by atoms with Gasteiger partial charge in [0.2, 0.25) is 5.43 Å². The van der Waals surface area contributed by atoms with E-state index in [0.717, 1.165) is 4.88 Å². The van der Waals surface area contributed by atoms with Crippen LogP contribution in [0, 0.1) is 11.7 Å². The first-order valence-electron chi connectivity index (χ1n) is 9.59. The fourth-order valence-electron chi connectivity index (χ4n) is 3.31. The quantitative estimate of drug-likeness (QED) is 0.525. The minimum Gasteiger partial charge on any atom is -0.462 e. The van der Waals surface area contributed by atoms with Gasteiger partial charge >= 0.3 is 5.97 Å². The van der Waals surface area contributed by atoms with Gasteiger partial charge in [-0.15, -0.1) is 11.3 Å². The minimum atomic E-state index is -0.684. The van der Waals surface area contributed by atoms with E-state index in [4.69, 9.17) is 4.74 Å². The van der Waals surface area contributed by atoms with E-state index in [1.165, 1.54) is 12.3 Å². The number of aromatic nitrogens is 1. The van der Waals surface area contributed by atoms with Crippen LogP contribution in [0.3, 0.4) is 0 Å². The third-order valence-electron chi connectivity index (χ3n) is 4.59. The van der Waals surface area contributed by atoms with Crippen molar-refractivity contribution < 1.29 is 13.9 Å². The first-order valence-corrected chi connectivity index (χ1v) is 10.5. The zero-order valence-electron chi connectivity index (χ0n) is 17.1. The second kappa shape index (κ2) is 8.78. The van der Waals surface area contributed by atoms with Gasteiger partial charge < -0.3 is 14.2 Å². The maximum atomic E-state index is 15.0. The van der Waals surface area contributed by atoms with Gasteiger partial charge in [0.1, 0.15) is 11.4 Å². The fraction of sp³-hybridized carbons (Fsp3) is 0.364. The molecule has 0 radical (unpaired) electrons. The number of ether oxygens (including phenoxy) is 1. The molecule has 1 aromatic carbocycles. The number of carbonyl (C=O) groups excluding carboxylic acids is 1. The lowest BCUT2D eigenvalue weighted by Crippen LogP contribution is -2.23. The lowest BCUT2D eigenvalue weighted by Gasteiger charge is -2.22. The molecule has 3 aromatic rings. The number of fused-ring (bicyclic) bond motifs is 1. The van der Waals surface area contributed by atoms with Crippen molar-refractivity contribution >= 4 is 33.9 Å². The molecule has 0 aliphatic rings. The van der Waals surface area contributed by atoms with Crippen LogP contribution in [0.5, 0.6) is 0 Å². The summed E-state index contributed by atoms with van der Waals surface area (Å²) in [6.07, 6.45) is 1.53. The normalized spacial score (nSPS) is 11.2. The van der Waals surface area contributed by atoms with Crippen LogP contribution in [0.2, 0.25) is 0 Å². The Bertz CT molecular complexity index is 1070. The summed E-state index contributed by atoms with van der Waals surface area (Å²) < 4.78 is 21.8. The molecular weight excluding hydrogens is 391 g/mol. The molecule has 0 saturated carbocycles. The summed E-state index contributed by atoms with van der Waals surface area (Å²) in [7, 11) is 1.82. The smallest absolute Gasteiger partial charge is 0.343 e. The first-order chi connectivity index (χ1) is 13.8. The maximum Gasteiger partial charge on any atom is 0.343 e. The van der Waals surface area contributed by atoms with Crippen molar-refractivity contribution in [2.75, 3.05) is 18.6 Å². The number of esters is 1. The monoisotopic (exact) mass is 416 g/mol. The second-order valence-electron chi connectivity index (χ2n) is 7.39. The number of anilines is 1. The molecule has 0 aliphatic heterocycles. The molecule has 154 valence electrons. The largest absolute Gasteiger partial charge is 0.462 e. The van der Waals surface area contributed by atoms with Crippen LogP contribution in [0.1, 0.15) is 36.0 Å². The van der Waals surface area contributed by atoms with Gasteiger partial charge in [-0.2, -0.15) is 0 Å². The van der Waals surface area contributed by atoms with Crippen LogP contribution < -0.4 is 10.3 Å². The summed E-state index contributed by atoms with van der Waals surface area (Å²) in [6.45, 7) is 7.09. The number of benzene rings is 1. The Morgan fingerprint density at radius 2 is 2.10 bits per heavy atom. The lowest BCUT2D eigenvalue weighted by molar-refractivity contribution is 0.0524. The van der Waals surface area contributed by atoms with Gasteiger partial charge in [-0.05, 0) is 36.4 Å². The van der Waals surface area contributed by atoms with E-state index in [1.807, 2.05) is 47.9 Å². The summed E-state index contributed by atoms with van der Waals surface area (Å²) in [4.78, 5) is 28.1. The summed E-state index contributed by atoms with van der Waals surface area (Å²) in [6, 6.07) is 6.89. The van der Waals surface area contributed by atoms with Gasteiger partial charge in [-0.3, -0.25) is 4.79 Å². The molecular formula is C22H25FN2O3S. The molecule has 5 nitrogen and oxygen atoms in total. The Labute approximate surface area is 173 Å². The van der Waals surface area contributed by atoms with E-state index < -0.39 is 17.2 Å². The number of pyridine rings is 1. The standard InChI is InChI=1S/C22H25FN2O3S/c1-5-28-22(27)17-13-25(11-14(2)3)19-10-20(18(23)9-16(19)21(17)26)24(4)12-15-7-6-8-29-15/h6-10,13-14H,5,11-12H2,1-4H3. The van der Waals surface area contributed by atoms with Crippen molar-refractivity contribution in [3.8, 4) is 0 Å². The third kappa shape index (κ3) is 4.50. The van der Waals surface area contributed by atoms with Crippen LogP contribution in [0.4, 0.5) is 10.1 Å². The molecule has 29 heavy (non-hydrogen) atoms. The van der Waals surface area contributed by atoms with Crippen molar-refractivity contribution in [2.45, 2.75) is 33.9 Å². The van der Waals surface area contributed by atoms with Crippen molar-refractivity contribution in [2.24, 2.45) is 5.92 Å². The van der Waals surface area contributed by atoms with E-state index in [9.17, 15) is 14.0 Å². The zero-order chi connectivity index (χ0) is 21.1. The predicted octanol–water partition coefficient (Wildman–Crippen LogP) is 4.67. The Balaban J connectivity index is 2.16. The van der Waals surface area contributed by atoms with Gasteiger partial charge in [0, 0.05) is 30.1 Å². The SMILES string of the molecule is CCOC(=O)c1cn(CC(C)C)c2cc(N(C)Cc3cccs3)c(F)cc2c1=O. The van der Waals surface area contributed by atoms with E-state index in [1.54, 1.807) is 24.3 Å². The number of carbonyl (C=O) groups is 1. The van der Waals surface area contributed by atoms with Gasteiger partial charge in [-0.25, -0.2) is 9.18 Å². The van der Waals surface area contributed by atoms with Crippen LogP contribution >= 0.6 is 11.3 Å². The molecule has 0 saturated heterocycles. The van der Waals surface area contributed by atoms with Crippen molar-refractivity contribution in [3.63, 3.8) is 0 Å². The third-order valence-corrected chi connectivity index (χ3v) is 5.45. The molecule has 0 spiro atoms. The zero-order valence-corrected chi connectivity index (χ0v) is 17.9. The molecule has 0 atom stereocenters. The highest BCUT2D eigenvalue weighted by atomic mass is 32.1. The van der Waals surface area contributed by atoms with E-state index in [-0.39, 0.29) is 23.5 Å². The number of halogens is 1. The van der Waals surface area contributed by atoms with Crippen molar-refractivity contribution in [3.05, 3.63) is 62.3 Å². The summed E-state index contributed by atoms with van der Waals surface area (Å²) in [5.74, 6) is -0.907. The average Bonchev–Trinajstić information content (AvgIpc) is 3.16. The Morgan fingerprint density at radius 3 is 2.72 bits per heavy atom. The molecule has 0 N–H and O–H groups in total. The highest BCUT2D eigenvalue weighted by molar-refractivity contribution is 7.09. The van der Waals surface area contributed by atoms with Crippen LogP contribution in [0.15, 0.2) is 40.6 Å². The predicted molar refractivity (Wildman–Crippen MR) is 115 cm³/mol. The maximum absolute atomic E-state index is 15.0. The fourth-order valence-corrected chi connectivity index (χ4v) is 4.07. The Morgan fingerprint density at radius 1 is 1.34 bits per heavy atom. The average molecular weight is 417 g/mol. The molecule has 2 heterocycles. The summed E-state index contributed by atoms with van der Waals surface area (Å²) >= 11 is 1.61. The van der Waals surface area contributed by atoms with Gasteiger partial charge in [0.25, 0.3) is 0 Å². The number of nitrogens with zero attached hydrogens (tertiary/aromatic N) is 2. The lowest BCUT2D eigenvalue weighted by atomic mass is 10.1. The van der Waals surface area contributed by atoms with Gasteiger partial charge in [0.05, 0.1) is 24.4 Å². The highest BCUT2D eigenvalue weighted by Crippen LogP contribution is 2.27. The van der Waals surface area contributed by atoms with Crippen molar-refractivity contribution in [1.29, 1.82) is 0 Å². The molecule has 0 unspecified atom stereocenters. The molecule has 0 fully saturated rings. The topological polar surface area (TPSA) is 51.5 Å². The van der Waals surface area contributed by atoms with Crippen LogP contribution in [0.25, 0.3) is 10.9 Å².